The SMILES string of the molecule is C=C(CC[C@H]1CN(S(=O)(=O)c2cccc(C(F)(F)F)c2)c2c(ccc(/C=C(\C)c3c(F)cccc3Cl)c2C)O1)OC. The maximum Gasteiger partial charge on any atom is 0.416 e. The van der Waals surface area contributed by atoms with Crippen LogP contribution in [0.4, 0.5) is 23.2 Å². The van der Waals surface area contributed by atoms with Crippen molar-refractivity contribution in [2.24, 2.45) is 0 Å². The van der Waals surface area contributed by atoms with Gasteiger partial charge >= 0.3 is 6.18 Å². The topological polar surface area (TPSA) is 55.8 Å². The van der Waals surface area contributed by atoms with Crippen LogP contribution in [0.25, 0.3) is 11.6 Å². The Morgan fingerprint density at radius 1 is 1.20 bits per heavy atom. The standard InChI is InChI=1S/C30H28ClF4NO4S/c1-18(28-25(31)9-6-10-26(28)32)15-21-12-14-27-29(20(21)3)36(17-23(40-27)13-11-19(2)39-4)41(37,38)24-8-5-7-22(16-24)30(33,34)35/h5-10,12,14-16,23H,2,11,13,17H2,1,3-4H3/b18-15+/t23-/m0/s1. The van der Waals surface area contributed by atoms with Gasteiger partial charge in [0.15, 0.2) is 0 Å². The first-order valence-electron chi connectivity index (χ1n) is 12.6. The van der Waals surface area contributed by atoms with Gasteiger partial charge in [-0.2, -0.15) is 13.2 Å². The fourth-order valence-corrected chi connectivity index (χ4v) is 6.60. The van der Waals surface area contributed by atoms with E-state index in [1.165, 1.54) is 19.2 Å². The number of rotatable bonds is 8. The molecule has 11 heteroatoms. The first-order chi connectivity index (χ1) is 19.2. The lowest BCUT2D eigenvalue weighted by Crippen LogP contribution is -2.44. The molecular formula is C30H28ClF4NO4S. The first kappa shape index (κ1) is 30.5. The van der Waals surface area contributed by atoms with E-state index in [0.29, 0.717) is 41.4 Å². The van der Waals surface area contributed by atoms with E-state index in [-0.39, 0.29) is 28.6 Å². The van der Waals surface area contributed by atoms with Crippen LogP contribution in [0.2, 0.25) is 5.02 Å². The highest BCUT2D eigenvalue weighted by atomic mass is 35.5. The van der Waals surface area contributed by atoms with Crippen molar-refractivity contribution in [3.63, 3.8) is 0 Å². The number of fused-ring (bicyclic) bond motifs is 1. The predicted octanol–water partition coefficient (Wildman–Crippen LogP) is 8.26. The van der Waals surface area contributed by atoms with Gasteiger partial charge in [0.1, 0.15) is 17.7 Å². The van der Waals surface area contributed by atoms with Gasteiger partial charge in [0, 0.05) is 12.0 Å². The normalized spacial score (nSPS) is 15.8. The summed E-state index contributed by atoms with van der Waals surface area (Å²) in [5, 5.41) is 0.215. The molecule has 0 fully saturated rings. The largest absolute Gasteiger partial charge is 0.502 e. The van der Waals surface area contributed by atoms with Crippen molar-refractivity contribution in [1.82, 2.24) is 0 Å². The van der Waals surface area contributed by atoms with Crippen molar-refractivity contribution in [1.29, 1.82) is 0 Å². The molecule has 0 spiro atoms. The van der Waals surface area contributed by atoms with E-state index >= 15 is 0 Å². The van der Waals surface area contributed by atoms with E-state index in [9.17, 15) is 26.0 Å². The average molecular weight is 610 g/mol. The monoisotopic (exact) mass is 609 g/mol. The van der Waals surface area contributed by atoms with Crippen molar-refractivity contribution in [2.45, 2.75) is 43.9 Å². The summed E-state index contributed by atoms with van der Waals surface area (Å²) in [6.45, 7) is 6.97. The summed E-state index contributed by atoms with van der Waals surface area (Å²) in [5.74, 6) is 0.209. The lowest BCUT2D eigenvalue weighted by Gasteiger charge is -2.37. The molecule has 0 saturated carbocycles. The summed E-state index contributed by atoms with van der Waals surface area (Å²) in [7, 11) is -3.00. The minimum Gasteiger partial charge on any atom is -0.502 e. The van der Waals surface area contributed by atoms with E-state index in [1.54, 1.807) is 38.1 Å². The molecule has 0 saturated heterocycles. The molecule has 0 unspecified atom stereocenters. The molecule has 4 rings (SSSR count). The molecule has 0 aliphatic carbocycles. The van der Waals surface area contributed by atoms with E-state index in [0.717, 1.165) is 22.5 Å². The summed E-state index contributed by atoms with van der Waals surface area (Å²) in [6.07, 6.45) is -2.95. The van der Waals surface area contributed by atoms with Crippen molar-refractivity contribution in [3.8, 4) is 5.75 Å². The van der Waals surface area contributed by atoms with Crippen LogP contribution in [0, 0.1) is 12.7 Å². The fourth-order valence-electron chi connectivity index (χ4n) is 4.68. The van der Waals surface area contributed by atoms with Crippen LogP contribution in [0.1, 0.15) is 42.0 Å². The van der Waals surface area contributed by atoms with Gasteiger partial charge in [-0.05, 0) is 73.4 Å². The Labute approximate surface area is 241 Å². The van der Waals surface area contributed by atoms with Crippen molar-refractivity contribution >= 4 is 39.0 Å². The third-order valence-electron chi connectivity index (χ3n) is 6.86. The third kappa shape index (κ3) is 6.38. The number of anilines is 1. The maximum atomic E-state index is 14.6. The quantitative estimate of drug-likeness (QED) is 0.147. The summed E-state index contributed by atoms with van der Waals surface area (Å²) in [4.78, 5) is -0.505. The van der Waals surface area contributed by atoms with Crippen LogP contribution in [0.5, 0.6) is 5.75 Å². The smallest absolute Gasteiger partial charge is 0.416 e. The zero-order valence-electron chi connectivity index (χ0n) is 22.6. The first-order valence-corrected chi connectivity index (χ1v) is 14.4. The number of ether oxygens (including phenoxy) is 2. The Morgan fingerprint density at radius 2 is 1.90 bits per heavy atom. The van der Waals surface area contributed by atoms with Gasteiger partial charge < -0.3 is 9.47 Å². The Balaban J connectivity index is 1.84. The Hall–Kier alpha value is -3.50. The number of halogens is 5. The third-order valence-corrected chi connectivity index (χ3v) is 8.94. The lowest BCUT2D eigenvalue weighted by atomic mass is 9.99. The summed E-state index contributed by atoms with van der Waals surface area (Å²) in [6, 6.07) is 11.3. The predicted molar refractivity (Wildman–Crippen MR) is 152 cm³/mol. The van der Waals surface area contributed by atoms with Crippen molar-refractivity contribution in [2.75, 3.05) is 18.0 Å². The molecule has 218 valence electrons. The van der Waals surface area contributed by atoms with Crippen LogP contribution in [0.3, 0.4) is 0 Å². The molecule has 1 aliphatic rings. The number of methoxy groups -OCH3 is 1. The van der Waals surface area contributed by atoms with Crippen LogP contribution >= 0.6 is 11.6 Å². The lowest BCUT2D eigenvalue weighted by molar-refractivity contribution is -0.137. The van der Waals surface area contributed by atoms with Crippen LogP contribution in [-0.2, 0) is 20.9 Å². The van der Waals surface area contributed by atoms with Gasteiger partial charge in [0.25, 0.3) is 10.0 Å². The van der Waals surface area contributed by atoms with Gasteiger partial charge in [-0.3, -0.25) is 4.31 Å². The van der Waals surface area contributed by atoms with Gasteiger partial charge in [0.05, 0.1) is 40.6 Å². The van der Waals surface area contributed by atoms with Crippen LogP contribution < -0.4 is 9.04 Å². The second kappa shape index (κ2) is 11.8. The molecule has 3 aromatic carbocycles. The van der Waals surface area contributed by atoms with Gasteiger partial charge in [0.2, 0.25) is 0 Å². The molecule has 0 amide bonds. The van der Waals surface area contributed by atoms with Gasteiger partial charge in [-0.1, -0.05) is 42.5 Å². The zero-order valence-corrected chi connectivity index (χ0v) is 24.1. The molecule has 1 atom stereocenters. The highest BCUT2D eigenvalue weighted by Gasteiger charge is 2.38. The number of hydrogen-bond donors (Lipinski definition) is 0. The number of nitrogens with zero attached hydrogens (tertiary/aromatic N) is 1. The molecule has 0 N–H and O–H groups in total. The number of hydrogen-bond acceptors (Lipinski definition) is 4. The highest BCUT2D eigenvalue weighted by Crippen LogP contribution is 2.43. The molecule has 1 heterocycles. The fraction of sp³-hybridized carbons (Fsp3) is 0.267. The summed E-state index contributed by atoms with van der Waals surface area (Å²) < 4.78 is 95.2. The van der Waals surface area contributed by atoms with Crippen LogP contribution in [0.15, 0.2) is 71.8 Å². The summed E-state index contributed by atoms with van der Waals surface area (Å²) >= 11 is 6.24. The molecule has 3 aromatic rings. The molecular weight excluding hydrogens is 582 g/mol. The number of sulfonamides is 1. The van der Waals surface area contributed by atoms with E-state index in [1.807, 2.05) is 0 Å². The average Bonchev–Trinajstić information content (AvgIpc) is 2.92. The molecule has 0 aromatic heterocycles. The number of allylic oxidation sites excluding steroid dienone is 2. The van der Waals surface area contributed by atoms with Crippen LogP contribution in [-0.4, -0.2) is 28.2 Å². The number of benzene rings is 3. The summed E-state index contributed by atoms with van der Waals surface area (Å²) in [5.41, 5.74) is 0.839. The van der Waals surface area contributed by atoms with Crippen molar-refractivity contribution in [3.05, 3.63) is 100 Å². The molecule has 1 aliphatic heterocycles. The van der Waals surface area contributed by atoms with E-state index in [4.69, 9.17) is 21.1 Å². The molecule has 41 heavy (non-hydrogen) atoms. The minimum absolute atomic E-state index is 0.158. The maximum absolute atomic E-state index is 14.6. The molecule has 0 bridgehead atoms. The van der Waals surface area contributed by atoms with Gasteiger partial charge in [-0.25, -0.2) is 12.8 Å². The molecule has 0 radical (unpaired) electrons. The van der Waals surface area contributed by atoms with E-state index in [2.05, 4.69) is 6.58 Å². The second-order valence-corrected chi connectivity index (χ2v) is 11.9. The minimum atomic E-state index is -4.73. The zero-order chi connectivity index (χ0) is 30.1. The Bertz CT molecular complexity index is 1600. The second-order valence-electron chi connectivity index (χ2n) is 9.63. The molecule has 5 nitrogen and oxygen atoms in total. The number of alkyl halides is 3. The van der Waals surface area contributed by atoms with Gasteiger partial charge in [-0.15, -0.1) is 0 Å². The Morgan fingerprint density at radius 3 is 2.56 bits per heavy atom. The van der Waals surface area contributed by atoms with Crippen molar-refractivity contribution < 1.29 is 35.5 Å². The van der Waals surface area contributed by atoms with E-state index < -0.39 is 38.6 Å². The Kier molecular flexibility index (Phi) is 8.75. The highest BCUT2D eigenvalue weighted by molar-refractivity contribution is 7.92.